The van der Waals surface area contributed by atoms with Crippen LogP contribution >= 0.6 is 0 Å². The van der Waals surface area contributed by atoms with Gasteiger partial charge in [-0.3, -0.25) is 14.2 Å². The number of hydrogen-bond donors (Lipinski definition) is 0. The second kappa shape index (κ2) is 5.85. The molecule has 0 atom stereocenters. The van der Waals surface area contributed by atoms with Crippen molar-refractivity contribution in [2.24, 2.45) is 0 Å². The van der Waals surface area contributed by atoms with Crippen molar-refractivity contribution in [1.82, 2.24) is 14.2 Å². The number of esters is 1. The Balaban J connectivity index is 2.10. The Morgan fingerprint density at radius 2 is 2.00 bits per heavy atom. The predicted octanol–water partition coefficient (Wildman–Crippen LogP) is 1.73. The molecule has 2 aromatic heterocycles. The third-order valence-corrected chi connectivity index (χ3v) is 3.34. The van der Waals surface area contributed by atoms with Gasteiger partial charge in [-0.2, -0.15) is 5.10 Å². The molecule has 0 radical (unpaired) electrons. The molecule has 6 heteroatoms. The average Bonchev–Trinajstić information content (AvgIpc) is 2.96. The lowest BCUT2D eigenvalue weighted by molar-refractivity contribution is -0.143. The monoisotopic (exact) mass is 297 g/mol. The molecule has 0 aliphatic rings. The van der Waals surface area contributed by atoms with Gasteiger partial charge in [0.2, 0.25) is 0 Å². The van der Waals surface area contributed by atoms with Crippen molar-refractivity contribution in [3.63, 3.8) is 0 Å². The van der Waals surface area contributed by atoms with Gasteiger partial charge in [0, 0.05) is 11.8 Å². The first-order valence-corrected chi connectivity index (χ1v) is 6.98. The van der Waals surface area contributed by atoms with Gasteiger partial charge in [-0.15, -0.1) is 0 Å². The molecular formula is C16H15N3O3. The van der Waals surface area contributed by atoms with Crippen molar-refractivity contribution < 1.29 is 9.53 Å². The number of ether oxygens (including phenoxy) is 1. The van der Waals surface area contributed by atoms with Crippen LogP contribution in [0.4, 0.5) is 0 Å². The molecule has 0 unspecified atom stereocenters. The highest BCUT2D eigenvalue weighted by molar-refractivity contribution is 5.80. The fourth-order valence-corrected chi connectivity index (χ4v) is 2.35. The first-order chi connectivity index (χ1) is 10.7. The molecule has 0 saturated heterocycles. The number of rotatable bonds is 4. The van der Waals surface area contributed by atoms with Crippen LogP contribution in [-0.2, 0) is 16.1 Å². The van der Waals surface area contributed by atoms with E-state index in [1.54, 1.807) is 13.1 Å². The van der Waals surface area contributed by atoms with Gasteiger partial charge in [-0.1, -0.05) is 30.3 Å². The number of aromatic nitrogens is 3. The van der Waals surface area contributed by atoms with E-state index in [2.05, 4.69) is 5.10 Å². The molecule has 1 aromatic carbocycles. The summed E-state index contributed by atoms with van der Waals surface area (Å²) in [5.74, 6) is -0.455. The second-order valence-corrected chi connectivity index (χ2v) is 4.76. The van der Waals surface area contributed by atoms with Crippen LogP contribution in [-0.4, -0.2) is 26.8 Å². The Morgan fingerprint density at radius 3 is 2.73 bits per heavy atom. The molecule has 0 bridgehead atoms. The Bertz CT molecular complexity index is 865. The van der Waals surface area contributed by atoms with Crippen LogP contribution < -0.4 is 5.56 Å². The Hall–Kier alpha value is -2.89. The maximum Gasteiger partial charge on any atom is 0.326 e. The number of carbonyl (C=O) groups excluding carboxylic acids is 1. The van der Waals surface area contributed by atoms with Crippen molar-refractivity contribution >= 4 is 11.5 Å². The lowest BCUT2D eigenvalue weighted by Crippen LogP contribution is -2.27. The van der Waals surface area contributed by atoms with Crippen molar-refractivity contribution in [3.8, 4) is 11.1 Å². The van der Waals surface area contributed by atoms with Crippen molar-refractivity contribution in [3.05, 3.63) is 59.3 Å². The fourth-order valence-electron chi connectivity index (χ4n) is 2.35. The first-order valence-electron chi connectivity index (χ1n) is 6.98. The van der Waals surface area contributed by atoms with Gasteiger partial charge in [-0.05, 0) is 18.6 Å². The minimum atomic E-state index is -0.455. The maximum atomic E-state index is 12.6. The summed E-state index contributed by atoms with van der Waals surface area (Å²) in [5.41, 5.74) is 1.89. The van der Waals surface area contributed by atoms with Crippen molar-refractivity contribution in [2.75, 3.05) is 6.61 Å². The van der Waals surface area contributed by atoms with Crippen LogP contribution in [0.15, 0.2) is 53.7 Å². The molecule has 6 nitrogen and oxygen atoms in total. The van der Waals surface area contributed by atoms with Crippen LogP contribution in [0, 0.1) is 0 Å². The Kier molecular flexibility index (Phi) is 3.74. The van der Waals surface area contributed by atoms with Gasteiger partial charge in [0.15, 0.2) is 0 Å². The van der Waals surface area contributed by atoms with Gasteiger partial charge in [0.1, 0.15) is 18.4 Å². The molecule has 3 rings (SSSR count). The van der Waals surface area contributed by atoms with E-state index in [4.69, 9.17) is 4.74 Å². The SMILES string of the molecule is CCOC(=O)Cn1cnn2ccc(-c3ccccc3)c2c1=O. The number of carbonyl (C=O) groups is 1. The molecule has 0 saturated carbocycles. The average molecular weight is 297 g/mol. The quantitative estimate of drug-likeness (QED) is 0.688. The molecule has 0 aliphatic carbocycles. The van der Waals surface area contributed by atoms with Gasteiger partial charge in [0.05, 0.1) is 6.61 Å². The zero-order valence-corrected chi connectivity index (χ0v) is 12.1. The van der Waals surface area contributed by atoms with Gasteiger partial charge in [-0.25, -0.2) is 4.52 Å². The van der Waals surface area contributed by atoms with E-state index in [0.29, 0.717) is 5.52 Å². The van der Waals surface area contributed by atoms with E-state index in [9.17, 15) is 9.59 Å². The molecule has 0 amide bonds. The predicted molar refractivity (Wildman–Crippen MR) is 81.5 cm³/mol. The number of nitrogens with zero attached hydrogens (tertiary/aromatic N) is 3. The Labute approximate surface area is 126 Å². The van der Waals surface area contributed by atoms with Crippen LogP contribution in [0.1, 0.15) is 6.92 Å². The molecule has 0 aliphatic heterocycles. The van der Waals surface area contributed by atoms with Crippen LogP contribution in [0.25, 0.3) is 16.6 Å². The zero-order chi connectivity index (χ0) is 15.5. The highest BCUT2D eigenvalue weighted by atomic mass is 16.5. The second-order valence-electron chi connectivity index (χ2n) is 4.76. The maximum absolute atomic E-state index is 12.6. The van der Waals surface area contributed by atoms with E-state index in [1.165, 1.54) is 15.4 Å². The van der Waals surface area contributed by atoms with E-state index >= 15 is 0 Å². The highest BCUT2D eigenvalue weighted by Gasteiger charge is 2.13. The molecule has 22 heavy (non-hydrogen) atoms. The number of hydrogen-bond acceptors (Lipinski definition) is 4. The molecule has 3 aromatic rings. The topological polar surface area (TPSA) is 65.6 Å². The third kappa shape index (κ3) is 2.50. The molecule has 0 N–H and O–H groups in total. The molecule has 0 spiro atoms. The minimum Gasteiger partial charge on any atom is -0.465 e. The van der Waals surface area contributed by atoms with E-state index < -0.39 is 5.97 Å². The summed E-state index contributed by atoms with van der Waals surface area (Å²) in [6, 6.07) is 11.4. The lowest BCUT2D eigenvalue weighted by Gasteiger charge is -2.06. The van der Waals surface area contributed by atoms with E-state index in [0.717, 1.165) is 11.1 Å². The van der Waals surface area contributed by atoms with Crippen molar-refractivity contribution in [1.29, 1.82) is 0 Å². The lowest BCUT2D eigenvalue weighted by atomic mass is 10.1. The summed E-state index contributed by atoms with van der Waals surface area (Å²) in [6.07, 6.45) is 3.08. The smallest absolute Gasteiger partial charge is 0.326 e. The normalized spacial score (nSPS) is 10.8. The molecule has 0 fully saturated rings. The number of benzene rings is 1. The highest BCUT2D eigenvalue weighted by Crippen LogP contribution is 2.22. The van der Waals surface area contributed by atoms with Gasteiger partial charge >= 0.3 is 5.97 Å². The number of fused-ring (bicyclic) bond motifs is 1. The molecule has 2 heterocycles. The van der Waals surface area contributed by atoms with Crippen molar-refractivity contribution in [2.45, 2.75) is 13.5 Å². The largest absolute Gasteiger partial charge is 0.465 e. The van der Waals surface area contributed by atoms with Crippen LogP contribution in [0.3, 0.4) is 0 Å². The van der Waals surface area contributed by atoms with Gasteiger partial charge < -0.3 is 4.74 Å². The minimum absolute atomic E-state index is 0.143. The fraction of sp³-hybridized carbons (Fsp3) is 0.188. The standard InChI is InChI=1S/C16H15N3O3/c1-2-22-14(20)10-18-11-17-19-9-8-13(15(19)16(18)21)12-6-4-3-5-7-12/h3-9,11H,2,10H2,1H3. The zero-order valence-electron chi connectivity index (χ0n) is 12.1. The first kappa shape index (κ1) is 14.1. The molecule has 112 valence electrons. The summed E-state index contributed by atoms with van der Waals surface area (Å²) in [4.78, 5) is 24.2. The summed E-state index contributed by atoms with van der Waals surface area (Å²) in [6.45, 7) is 1.86. The van der Waals surface area contributed by atoms with E-state index in [1.807, 2.05) is 36.4 Å². The summed E-state index contributed by atoms with van der Waals surface area (Å²) < 4.78 is 7.66. The van der Waals surface area contributed by atoms with Gasteiger partial charge in [0.25, 0.3) is 5.56 Å². The van der Waals surface area contributed by atoms with Crippen LogP contribution in [0.2, 0.25) is 0 Å². The molecular weight excluding hydrogens is 282 g/mol. The van der Waals surface area contributed by atoms with E-state index in [-0.39, 0.29) is 18.7 Å². The third-order valence-electron chi connectivity index (χ3n) is 3.34. The van der Waals surface area contributed by atoms with Crippen LogP contribution in [0.5, 0.6) is 0 Å². The Morgan fingerprint density at radius 1 is 1.23 bits per heavy atom. The summed E-state index contributed by atoms with van der Waals surface area (Å²) in [5, 5.41) is 4.17. The summed E-state index contributed by atoms with van der Waals surface area (Å²) >= 11 is 0. The summed E-state index contributed by atoms with van der Waals surface area (Å²) in [7, 11) is 0.